The zero-order valence-electron chi connectivity index (χ0n) is 14.0. The second-order valence-electron chi connectivity index (χ2n) is 6.73. The number of halogens is 1. The van der Waals surface area contributed by atoms with E-state index in [1.807, 2.05) is 0 Å². The Balaban J connectivity index is 1.68. The molecular formula is C18H21FN4O2. The number of hydrogen-bond donors (Lipinski definition) is 1. The highest BCUT2D eigenvalue weighted by atomic mass is 19.1. The number of aromatic nitrogens is 3. The third-order valence-electron chi connectivity index (χ3n) is 5.16. The van der Waals surface area contributed by atoms with Crippen molar-refractivity contribution in [3.8, 4) is 5.75 Å². The molecular weight excluding hydrogens is 323 g/mol. The average molecular weight is 344 g/mol. The van der Waals surface area contributed by atoms with E-state index in [2.05, 4.69) is 14.8 Å². The molecule has 2 aliphatic heterocycles. The molecule has 1 N–H and O–H groups in total. The van der Waals surface area contributed by atoms with Crippen LogP contribution in [0.5, 0.6) is 5.75 Å². The van der Waals surface area contributed by atoms with Gasteiger partial charge in [0.2, 0.25) is 0 Å². The summed E-state index contributed by atoms with van der Waals surface area (Å²) >= 11 is 0. The molecule has 1 fully saturated rings. The van der Waals surface area contributed by atoms with Crippen LogP contribution >= 0.6 is 0 Å². The summed E-state index contributed by atoms with van der Waals surface area (Å²) in [6.45, 7) is 1.39. The van der Waals surface area contributed by atoms with Crippen LogP contribution in [0.3, 0.4) is 0 Å². The molecule has 0 bridgehead atoms. The first-order valence-electron chi connectivity index (χ1n) is 8.87. The maximum atomic E-state index is 14.1. The Morgan fingerprint density at radius 3 is 2.88 bits per heavy atom. The SMILES string of the molecule is O=C(c1c(O)cccc1F)N1CCC[C@H]1c1nnc2n1CCCCC2. The van der Waals surface area contributed by atoms with E-state index >= 15 is 0 Å². The normalized spacial score (nSPS) is 20.4. The fraction of sp³-hybridized carbons (Fsp3) is 0.500. The minimum absolute atomic E-state index is 0.217. The molecule has 0 saturated carbocycles. The van der Waals surface area contributed by atoms with Crippen LogP contribution in [0.15, 0.2) is 18.2 Å². The van der Waals surface area contributed by atoms with E-state index in [4.69, 9.17) is 0 Å². The molecule has 132 valence electrons. The number of phenols is 1. The smallest absolute Gasteiger partial charge is 0.261 e. The minimum Gasteiger partial charge on any atom is -0.507 e. The van der Waals surface area contributed by atoms with Crippen molar-refractivity contribution in [1.82, 2.24) is 19.7 Å². The number of hydrogen-bond acceptors (Lipinski definition) is 4. The molecule has 4 rings (SSSR count). The molecule has 1 aromatic carbocycles. The van der Waals surface area contributed by atoms with Crippen molar-refractivity contribution in [3.63, 3.8) is 0 Å². The molecule has 0 unspecified atom stereocenters. The van der Waals surface area contributed by atoms with E-state index in [-0.39, 0.29) is 17.4 Å². The van der Waals surface area contributed by atoms with Crippen molar-refractivity contribution in [1.29, 1.82) is 0 Å². The standard InChI is InChI=1S/C18H21FN4O2/c19-12-6-4-8-14(24)16(12)18(25)22-11-5-7-13(22)17-21-20-15-9-2-1-3-10-23(15)17/h4,6,8,13,24H,1-3,5,7,9-11H2/t13-/m0/s1. The van der Waals surface area contributed by atoms with Crippen molar-refractivity contribution in [2.24, 2.45) is 0 Å². The Morgan fingerprint density at radius 2 is 2.04 bits per heavy atom. The average Bonchev–Trinajstić information content (AvgIpc) is 3.15. The topological polar surface area (TPSA) is 71.2 Å². The van der Waals surface area contributed by atoms with Gasteiger partial charge < -0.3 is 14.6 Å². The minimum atomic E-state index is -0.698. The molecule has 1 amide bonds. The number of carbonyl (C=O) groups excluding carboxylic acids is 1. The molecule has 1 aromatic heterocycles. The fourth-order valence-corrected chi connectivity index (χ4v) is 3.90. The van der Waals surface area contributed by atoms with Gasteiger partial charge in [-0.3, -0.25) is 4.79 Å². The molecule has 2 aromatic rings. The first-order valence-corrected chi connectivity index (χ1v) is 8.87. The Labute approximate surface area is 145 Å². The lowest BCUT2D eigenvalue weighted by Gasteiger charge is -2.25. The zero-order chi connectivity index (χ0) is 17.4. The van der Waals surface area contributed by atoms with Crippen molar-refractivity contribution >= 4 is 5.91 Å². The number of carbonyl (C=O) groups is 1. The number of nitrogens with zero attached hydrogens (tertiary/aromatic N) is 4. The summed E-state index contributed by atoms with van der Waals surface area (Å²) in [5.41, 5.74) is -0.259. The van der Waals surface area contributed by atoms with Crippen molar-refractivity contribution in [2.45, 2.75) is 51.1 Å². The van der Waals surface area contributed by atoms with Crippen molar-refractivity contribution in [3.05, 3.63) is 41.2 Å². The quantitative estimate of drug-likeness (QED) is 0.909. The summed E-state index contributed by atoms with van der Waals surface area (Å²) in [5, 5.41) is 18.6. The molecule has 6 nitrogen and oxygen atoms in total. The van der Waals surface area contributed by atoms with Crippen LogP contribution in [0.4, 0.5) is 4.39 Å². The largest absolute Gasteiger partial charge is 0.507 e. The van der Waals surface area contributed by atoms with E-state index in [1.165, 1.54) is 24.6 Å². The molecule has 1 saturated heterocycles. The van der Waals surface area contributed by atoms with Gasteiger partial charge in [0.15, 0.2) is 5.82 Å². The molecule has 0 radical (unpaired) electrons. The third-order valence-corrected chi connectivity index (χ3v) is 5.16. The van der Waals surface area contributed by atoms with E-state index in [1.54, 1.807) is 4.90 Å². The predicted molar refractivity (Wildman–Crippen MR) is 88.7 cm³/mol. The summed E-state index contributed by atoms with van der Waals surface area (Å²) in [4.78, 5) is 14.5. The second-order valence-corrected chi connectivity index (χ2v) is 6.73. The Bertz CT molecular complexity index is 784. The first-order chi connectivity index (χ1) is 12.2. The van der Waals surface area contributed by atoms with Gasteiger partial charge in [-0.1, -0.05) is 12.5 Å². The summed E-state index contributed by atoms with van der Waals surface area (Å²) < 4.78 is 16.2. The van der Waals surface area contributed by atoms with Crippen LogP contribution in [-0.4, -0.2) is 37.2 Å². The Morgan fingerprint density at radius 1 is 1.16 bits per heavy atom. The highest BCUT2D eigenvalue weighted by molar-refractivity contribution is 5.97. The maximum Gasteiger partial charge on any atom is 0.261 e. The van der Waals surface area contributed by atoms with Crippen LogP contribution < -0.4 is 0 Å². The molecule has 25 heavy (non-hydrogen) atoms. The number of fused-ring (bicyclic) bond motifs is 1. The fourth-order valence-electron chi connectivity index (χ4n) is 3.90. The van der Waals surface area contributed by atoms with Crippen LogP contribution in [0.25, 0.3) is 0 Å². The van der Waals surface area contributed by atoms with Gasteiger partial charge in [-0.2, -0.15) is 0 Å². The highest BCUT2D eigenvalue weighted by Gasteiger charge is 2.36. The highest BCUT2D eigenvalue weighted by Crippen LogP contribution is 2.35. The number of rotatable bonds is 2. The van der Waals surface area contributed by atoms with Gasteiger partial charge in [-0.15, -0.1) is 10.2 Å². The zero-order valence-corrected chi connectivity index (χ0v) is 14.0. The summed E-state index contributed by atoms with van der Waals surface area (Å²) in [5.74, 6) is 0.259. The van der Waals surface area contributed by atoms with E-state index in [0.29, 0.717) is 6.54 Å². The van der Waals surface area contributed by atoms with E-state index in [9.17, 15) is 14.3 Å². The number of aromatic hydroxyl groups is 1. The molecule has 2 aliphatic rings. The van der Waals surface area contributed by atoms with Gasteiger partial charge in [0, 0.05) is 19.5 Å². The maximum absolute atomic E-state index is 14.1. The first kappa shape index (κ1) is 16.1. The summed E-state index contributed by atoms with van der Waals surface area (Å²) in [6.07, 6.45) is 5.86. The molecule has 7 heteroatoms. The summed E-state index contributed by atoms with van der Waals surface area (Å²) in [6, 6.07) is 3.71. The van der Waals surface area contributed by atoms with Gasteiger partial charge in [0.05, 0.1) is 6.04 Å². The van der Waals surface area contributed by atoms with Gasteiger partial charge in [0.1, 0.15) is 23.0 Å². The monoisotopic (exact) mass is 344 g/mol. The Kier molecular flexibility index (Phi) is 4.15. The second kappa shape index (κ2) is 6.46. The molecule has 1 atom stereocenters. The summed E-state index contributed by atoms with van der Waals surface area (Å²) in [7, 11) is 0. The molecule has 0 aliphatic carbocycles. The van der Waals surface area contributed by atoms with E-state index in [0.717, 1.165) is 50.3 Å². The number of amides is 1. The van der Waals surface area contributed by atoms with Gasteiger partial charge in [-0.05, 0) is 37.8 Å². The lowest BCUT2D eigenvalue weighted by atomic mass is 10.1. The number of likely N-dealkylation sites (tertiary alicyclic amines) is 1. The van der Waals surface area contributed by atoms with Gasteiger partial charge in [-0.25, -0.2) is 4.39 Å². The van der Waals surface area contributed by atoms with Gasteiger partial charge in [0.25, 0.3) is 5.91 Å². The van der Waals surface area contributed by atoms with Crippen molar-refractivity contribution in [2.75, 3.05) is 6.54 Å². The van der Waals surface area contributed by atoms with Gasteiger partial charge >= 0.3 is 0 Å². The van der Waals surface area contributed by atoms with Crippen LogP contribution in [0, 0.1) is 5.82 Å². The number of benzene rings is 1. The molecule has 0 spiro atoms. The Hall–Kier alpha value is -2.44. The molecule has 3 heterocycles. The van der Waals surface area contributed by atoms with Crippen molar-refractivity contribution < 1.29 is 14.3 Å². The van der Waals surface area contributed by atoms with Crippen LogP contribution in [0.1, 0.15) is 60.2 Å². The third kappa shape index (κ3) is 2.77. The lowest BCUT2D eigenvalue weighted by molar-refractivity contribution is 0.0719. The van der Waals surface area contributed by atoms with E-state index < -0.39 is 11.7 Å². The predicted octanol–water partition coefficient (Wildman–Crippen LogP) is 2.83. The number of aryl methyl sites for hydroxylation is 1. The van der Waals surface area contributed by atoms with Crippen LogP contribution in [0.2, 0.25) is 0 Å². The number of phenolic OH excluding ortho intramolecular Hbond substituents is 1. The lowest BCUT2D eigenvalue weighted by Crippen LogP contribution is -2.32. The van der Waals surface area contributed by atoms with Crippen LogP contribution in [-0.2, 0) is 13.0 Å².